The van der Waals surface area contributed by atoms with E-state index in [-0.39, 0.29) is 6.03 Å². The van der Waals surface area contributed by atoms with E-state index in [1.165, 1.54) is 0 Å². The van der Waals surface area contributed by atoms with Gasteiger partial charge in [0.15, 0.2) is 0 Å². The molecule has 1 fully saturated rings. The van der Waals surface area contributed by atoms with Crippen molar-refractivity contribution in [3.63, 3.8) is 0 Å². The van der Waals surface area contributed by atoms with Gasteiger partial charge in [0.1, 0.15) is 0 Å². The molecule has 0 heterocycles. The first kappa shape index (κ1) is 14.7. The summed E-state index contributed by atoms with van der Waals surface area (Å²) in [6.45, 7) is 2.27. The number of urea groups is 1. The largest absolute Gasteiger partial charge is 0.388 e. The Balaban J connectivity index is 1.90. The van der Waals surface area contributed by atoms with Gasteiger partial charge in [-0.25, -0.2) is 4.79 Å². The molecule has 2 amide bonds. The van der Waals surface area contributed by atoms with Crippen molar-refractivity contribution in [3.05, 3.63) is 23.8 Å². The quantitative estimate of drug-likeness (QED) is 0.789. The molecule has 0 aliphatic heterocycles. The fourth-order valence-corrected chi connectivity index (χ4v) is 2.24. The maximum absolute atomic E-state index is 11.8. The number of nitrogens with zero attached hydrogens (tertiary/aromatic N) is 1. The number of carbonyl (C=O) groups excluding carboxylic acids is 1. The van der Waals surface area contributed by atoms with E-state index in [9.17, 15) is 9.90 Å². The van der Waals surface area contributed by atoms with Crippen molar-refractivity contribution in [3.8, 4) is 0 Å². The summed E-state index contributed by atoms with van der Waals surface area (Å²) < 4.78 is 0. The van der Waals surface area contributed by atoms with Crippen molar-refractivity contribution in [2.75, 3.05) is 30.9 Å². The highest BCUT2D eigenvalue weighted by atomic mass is 16.3. The van der Waals surface area contributed by atoms with Crippen molar-refractivity contribution in [1.82, 2.24) is 5.32 Å². The van der Waals surface area contributed by atoms with Gasteiger partial charge in [-0.1, -0.05) is 0 Å². The van der Waals surface area contributed by atoms with Gasteiger partial charge in [0.2, 0.25) is 0 Å². The number of aliphatic hydroxyl groups is 1. The highest BCUT2D eigenvalue weighted by Crippen LogP contribution is 2.30. The summed E-state index contributed by atoms with van der Waals surface area (Å²) in [6.07, 6.45) is 2.57. The summed E-state index contributed by atoms with van der Waals surface area (Å²) in [5.41, 5.74) is 2.20. The molecule has 0 aromatic heterocycles. The molecule has 2 rings (SSSR count). The fourth-order valence-electron chi connectivity index (χ4n) is 2.24. The van der Waals surface area contributed by atoms with Crippen LogP contribution in [0.3, 0.4) is 0 Å². The Morgan fingerprint density at radius 2 is 2.10 bits per heavy atom. The molecule has 5 nitrogen and oxygen atoms in total. The van der Waals surface area contributed by atoms with Gasteiger partial charge in [-0.05, 0) is 49.9 Å². The molecule has 1 aliphatic rings. The number of nitrogens with one attached hydrogen (secondary N) is 2. The maximum atomic E-state index is 11.8. The Morgan fingerprint density at radius 3 is 2.60 bits per heavy atom. The van der Waals surface area contributed by atoms with Gasteiger partial charge < -0.3 is 20.6 Å². The third kappa shape index (κ3) is 3.42. The van der Waals surface area contributed by atoms with E-state index in [0.717, 1.165) is 36.2 Å². The van der Waals surface area contributed by atoms with Crippen molar-refractivity contribution in [2.24, 2.45) is 0 Å². The zero-order valence-corrected chi connectivity index (χ0v) is 12.4. The fraction of sp³-hybridized carbons (Fsp3) is 0.533. The predicted molar refractivity (Wildman–Crippen MR) is 81.3 cm³/mol. The van der Waals surface area contributed by atoms with Crippen LogP contribution in [0.4, 0.5) is 16.2 Å². The maximum Gasteiger partial charge on any atom is 0.319 e. The highest BCUT2D eigenvalue weighted by molar-refractivity contribution is 5.90. The predicted octanol–water partition coefficient (Wildman–Crippen LogP) is 2.10. The number of carbonyl (C=O) groups is 1. The second kappa shape index (κ2) is 5.71. The van der Waals surface area contributed by atoms with Crippen LogP contribution in [-0.2, 0) is 0 Å². The van der Waals surface area contributed by atoms with E-state index < -0.39 is 5.60 Å². The molecule has 0 unspecified atom stereocenters. The Kier molecular flexibility index (Phi) is 4.18. The third-order valence-electron chi connectivity index (χ3n) is 3.84. The third-order valence-corrected chi connectivity index (χ3v) is 3.84. The minimum absolute atomic E-state index is 0.272. The van der Waals surface area contributed by atoms with E-state index in [4.69, 9.17) is 0 Å². The number of benzene rings is 1. The first-order valence-corrected chi connectivity index (χ1v) is 6.95. The SMILES string of the molecule is Cc1cc(N(C)C)ccc1NC(=O)NCC1(O)CCC1. The van der Waals surface area contributed by atoms with Gasteiger partial charge >= 0.3 is 6.03 Å². The molecule has 0 saturated heterocycles. The average molecular weight is 277 g/mol. The summed E-state index contributed by atoms with van der Waals surface area (Å²) in [7, 11) is 3.96. The lowest BCUT2D eigenvalue weighted by atomic mass is 9.80. The first-order valence-electron chi connectivity index (χ1n) is 6.95. The average Bonchev–Trinajstić information content (AvgIpc) is 2.36. The number of hydrogen-bond acceptors (Lipinski definition) is 3. The van der Waals surface area contributed by atoms with Gasteiger partial charge in [-0.3, -0.25) is 0 Å². The minimum Gasteiger partial charge on any atom is -0.388 e. The Bertz CT molecular complexity index is 496. The molecule has 0 bridgehead atoms. The second-order valence-electron chi connectivity index (χ2n) is 5.78. The summed E-state index contributed by atoms with van der Waals surface area (Å²) >= 11 is 0. The van der Waals surface area contributed by atoms with Crippen LogP contribution in [-0.4, -0.2) is 37.4 Å². The molecule has 3 N–H and O–H groups in total. The highest BCUT2D eigenvalue weighted by Gasteiger charge is 2.34. The summed E-state index contributed by atoms with van der Waals surface area (Å²) in [6, 6.07) is 5.60. The molecule has 0 spiro atoms. The molecule has 1 aliphatic carbocycles. The number of amides is 2. The summed E-state index contributed by atoms with van der Waals surface area (Å²) in [5.74, 6) is 0. The molecule has 110 valence electrons. The first-order chi connectivity index (χ1) is 9.39. The van der Waals surface area contributed by atoms with Crippen LogP contribution >= 0.6 is 0 Å². The number of hydrogen-bond donors (Lipinski definition) is 3. The van der Waals surface area contributed by atoms with Crippen molar-refractivity contribution in [2.45, 2.75) is 31.8 Å². The van der Waals surface area contributed by atoms with Gasteiger partial charge in [0, 0.05) is 32.0 Å². The number of rotatable bonds is 4. The topological polar surface area (TPSA) is 64.6 Å². The zero-order chi connectivity index (χ0) is 14.8. The molecule has 1 aromatic rings. The molecule has 0 atom stereocenters. The van der Waals surface area contributed by atoms with E-state index in [0.29, 0.717) is 6.54 Å². The molecular weight excluding hydrogens is 254 g/mol. The molecular formula is C15H23N3O2. The normalized spacial score (nSPS) is 16.2. The standard InChI is InChI=1S/C15H23N3O2/c1-11-9-12(18(2)3)5-6-13(11)17-14(19)16-10-15(20)7-4-8-15/h5-6,9,20H,4,7-8,10H2,1-3H3,(H2,16,17,19). The van der Waals surface area contributed by atoms with E-state index in [1.54, 1.807) is 0 Å². The molecule has 5 heteroatoms. The van der Waals surface area contributed by atoms with Gasteiger partial charge in [0.05, 0.1) is 5.60 Å². The van der Waals surface area contributed by atoms with Crippen LogP contribution in [0.15, 0.2) is 18.2 Å². The van der Waals surface area contributed by atoms with Crippen LogP contribution < -0.4 is 15.5 Å². The Hall–Kier alpha value is -1.75. The molecule has 0 radical (unpaired) electrons. The van der Waals surface area contributed by atoms with Crippen molar-refractivity contribution >= 4 is 17.4 Å². The minimum atomic E-state index is -0.693. The smallest absolute Gasteiger partial charge is 0.319 e. The molecule has 1 saturated carbocycles. The van der Waals surface area contributed by atoms with E-state index in [2.05, 4.69) is 10.6 Å². The zero-order valence-electron chi connectivity index (χ0n) is 12.4. The van der Waals surface area contributed by atoms with E-state index in [1.807, 2.05) is 44.1 Å². The Labute approximate surface area is 120 Å². The van der Waals surface area contributed by atoms with Crippen LogP contribution in [0, 0.1) is 6.92 Å². The van der Waals surface area contributed by atoms with Crippen molar-refractivity contribution < 1.29 is 9.90 Å². The Morgan fingerprint density at radius 1 is 1.40 bits per heavy atom. The van der Waals surface area contributed by atoms with Gasteiger partial charge in [0.25, 0.3) is 0 Å². The lowest BCUT2D eigenvalue weighted by molar-refractivity contribution is -0.0287. The summed E-state index contributed by atoms with van der Waals surface area (Å²) in [4.78, 5) is 13.8. The lowest BCUT2D eigenvalue weighted by Crippen LogP contribution is -2.48. The number of aryl methyl sites for hydroxylation is 1. The van der Waals surface area contributed by atoms with E-state index >= 15 is 0 Å². The van der Waals surface area contributed by atoms with Crippen LogP contribution in [0.2, 0.25) is 0 Å². The second-order valence-corrected chi connectivity index (χ2v) is 5.78. The van der Waals surface area contributed by atoms with Gasteiger partial charge in [-0.15, -0.1) is 0 Å². The van der Waals surface area contributed by atoms with Crippen LogP contribution in [0.5, 0.6) is 0 Å². The van der Waals surface area contributed by atoms with Crippen LogP contribution in [0.1, 0.15) is 24.8 Å². The molecule has 20 heavy (non-hydrogen) atoms. The number of anilines is 2. The summed E-state index contributed by atoms with van der Waals surface area (Å²) in [5, 5.41) is 15.5. The monoisotopic (exact) mass is 277 g/mol. The van der Waals surface area contributed by atoms with Crippen LogP contribution in [0.25, 0.3) is 0 Å². The van der Waals surface area contributed by atoms with Gasteiger partial charge in [-0.2, -0.15) is 0 Å². The molecule has 1 aromatic carbocycles. The van der Waals surface area contributed by atoms with Crippen molar-refractivity contribution in [1.29, 1.82) is 0 Å². The lowest BCUT2D eigenvalue weighted by Gasteiger charge is -2.36.